The molecule has 0 saturated carbocycles. The van der Waals surface area contributed by atoms with Gasteiger partial charge in [0.1, 0.15) is 0 Å². The number of anilines is 1. The first kappa shape index (κ1) is 17.8. The number of rotatable bonds is 5. The van der Waals surface area contributed by atoms with Crippen LogP contribution in [0.5, 0.6) is 0 Å². The summed E-state index contributed by atoms with van der Waals surface area (Å²) in [7, 11) is 0. The second-order valence-corrected chi connectivity index (χ2v) is 6.07. The van der Waals surface area contributed by atoms with Crippen molar-refractivity contribution in [3.8, 4) is 0 Å². The number of β-amino-alcohol motifs (C(OH)–C–C–N with tert-alkyl or cyclic N) is 1. The van der Waals surface area contributed by atoms with E-state index < -0.39 is 6.10 Å². The number of amides is 2. The third-order valence-electron chi connectivity index (χ3n) is 4.25. The topological polar surface area (TPSA) is 107 Å². The Bertz CT molecular complexity index is 741. The van der Waals surface area contributed by atoms with E-state index in [0.717, 1.165) is 0 Å². The number of hydrogen-bond acceptors (Lipinski definition) is 6. The standard InChI is InChI=1S/C18H21N5O3/c24-15-12-23(10-7-14(15)22-18-19-8-4-9-20-18)16(25)11-21-17(26)13-5-2-1-3-6-13/h1-6,8-9,14-15,24H,7,10-12H2,(H,21,26)(H,19,20,22)/t14-,15-/m1/s1. The van der Waals surface area contributed by atoms with Crippen LogP contribution in [0, 0.1) is 0 Å². The smallest absolute Gasteiger partial charge is 0.251 e. The van der Waals surface area contributed by atoms with Crippen LogP contribution in [0.2, 0.25) is 0 Å². The Balaban J connectivity index is 1.47. The first-order valence-corrected chi connectivity index (χ1v) is 8.46. The van der Waals surface area contributed by atoms with Gasteiger partial charge in [0.05, 0.1) is 18.7 Å². The molecule has 1 aliphatic heterocycles. The van der Waals surface area contributed by atoms with Gasteiger partial charge in [-0.25, -0.2) is 9.97 Å². The van der Waals surface area contributed by atoms with E-state index in [-0.39, 0.29) is 30.9 Å². The Morgan fingerprint density at radius 1 is 1.15 bits per heavy atom. The highest BCUT2D eigenvalue weighted by atomic mass is 16.3. The quantitative estimate of drug-likeness (QED) is 0.711. The Morgan fingerprint density at radius 3 is 2.58 bits per heavy atom. The summed E-state index contributed by atoms with van der Waals surface area (Å²) in [5, 5.41) is 16.0. The predicted molar refractivity (Wildman–Crippen MR) is 95.4 cm³/mol. The van der Waals surface area contributed by atoms with Crippen molar-refractivity contribution in [2.24, 2.45) is 0 Å². The van der Waals surface area contributed by atoms with E-state index in [0.29, 0.717) is 24.5 Å². The molecule has 0 unspecified atom stereocenters. The van der Waals surface area contributed by atoms with E-state index in [1.165, 1.54) is 0 Å². The third-order valence-corrected chi connectivity index (χ3v) is 4.25. The minimum atomic E-state index is -0.735. The van der Waals surface area contributed by atoms with Crippen LogP contribution in [0.25, 0.3) is 0 Å². The highest BCUT2D eigenvalue weighted by Crippen LogP contribution is 2.14. The van der Waals surface area contributed by atoms with Crippen molar-refractivity contribution in [3.05, 3.63) is 54.4 Å². The Kier molecular flexibility index (Phi) is 5.75. The number of aromatic nitrogens is 2. The lowest BCUT2D eigenvalue weighted by Crippen LogP contribution is -2.53. The number of piperidine rings is 1. The summed E-state index contributed by atoms with van der Waals surface area (Å²) >= 11 is 0. The molecule has 1 saturated heterocycles. The van der Waals surface area contributed by atoms with Gasteiger partial charge < -0.3 is 20.6 Å². The summed E-state index contributed by atoms with van der Waals surface area (Å²) in [6, 6.07) is 10.2. The third kappa shape index (κ3) is 4.54. The molecule has 2 heterocycles. The molecule has 1 aromatic heterocycles. The molecule has 2 atom stereocenters. The summed E-state index contributed by atoms with van der Waals surface area (Å²) in [4.78, 5) is 34.0. The van der Waals surface area contributed by atoms with Crippen molar-refractivity contribution in [3.63, 3.8) is 0 Å². The van der Waals surface area contributed by atoms with Crippen molar-refractivity contribution >= 4 is 17.8 Å². The zero-order chi connectivity index (χ0) is 18.4. The van der Waals surface area contributed by atoms with Crippen LogP contribution in [0.15, 0.2) is 48.8 Å². The van der Waals surface area contributed by atoms with Gasteiger partial charge in [-0.2, -0.15) is 0 Å². The Hall–Kier alpha value is -3.00. The van der Waals surface area contributed by atoms with Crippen LogP contribution in [0.1, 0.15) is 16.8 Å². The van der Waals surface area contributed by atoms with Crippen LogP contribution < -0.4 is 10.6 Å². The van der Waals surface area contributed by atoms with Crippen molar-refractivity contribution < 1.29 is 14.7 Å². The maximum Gasteiger partial charge on any atom is 0.251 e. The number of carbonyl (C=O) groups is 2. The maximum atomic E-state index is 12.3. The van der Waals surface area contributed by atoms with E-state index in [2.05, 4.69) is 20.6 Å². The van der Waals surface area contributed by atoms with E-state index in [1.54, 1.807) is 47.6 Å². The van der Waals surface area contributed by atoms with Crippen molar-refractivity contribution in [2.45, 2.75) is 18.6 Å². The predicted octanol–water partition coefficient (Wildman–Crippen LogP) is 0.280. The fraction of sp³-hybridized carbons (Fsp3) is 0.333. The largest absolute Gasteiger partial charge is 0.389 e. The lowest BCUT2D eigenvalue weighted by atomic mass is 10.0. The molecule has 3 rings (SSSR count). The first-order chi connectivity index (χ1) is 12.6. The Labute approximate surface area is 151 Å². The number of hydrogen-bond donors (Lipinski definition) is 3. The van der Waals surface area contributed by atoms with Gasteiger partial charge in [-0.3, -0.25) is 9.59 Å². The summed E-state index contributed by atoms with van der Waals surface area (Å²) in [5.74, 6) is -0.0635. The van der Waals surface area contributed by atoms with E-state index >= 15 is 0 Å². The van der Waals surface area contributed by atoms with E-state index in [1.807, 2.05) is 6.07 Å². The molecule has 0 spiro atoms. The Morgan fingerprint density at radius 2 is 1.88 bits per heavy atom. The molecule has 136 valence electrons. The minimum absolute atomic E-state index is 0.0969. The van der Waals surface area contributed by atoms with Gasteiger partial charge in [0.15, 0.2) is 0 Å². The maximum absolute atomic E-state index is 12.3. The lowest BCUT2D eigenvalue weighted by molar-refractivity contribution is -0.133. The van der Waals surface area contributed by atoms with Gasteiger partial charge in [0, 0.05) is 31.0 Å². The van der Waals surface area contributed by atoms with Crippen LogP contribution in [-0.4, -0.2) is 63.6 Å². The van der Waals surface area contributed by atoms with E-state index in [4.69, 9.17) is 0 Å². The van der Waals surface area contributed by atoms with Gasteiger partial charge >= 0.3 is 0 Å². The van der Waals surface area contributed by atoms with Crippen molar-refractivity contribution in [1.29, 1.82) is 0 Å². The summed E-state index contributed by atoms with van der Waals surface area (Å²) in [5.41, 5.74) is 0.506. The molecular weight excluding hydrogens is 334 g/mol. The number of aliphatic hydroxyl groups is 1. The van der Waals surface area contributed by atoms with Crippen molar-refractivity contribution in [1.82, 2.24) is 20.2 Å². The average Bonchev–Trinajstić information content (AvgIpc) is 2.69. The molecule has 1 aliphatic rings. The van der Waals surface area contributed by atoms with Gasteiger partial charge in [0.2, 0.25) is 11.9 Å². The SMILES string of the molecule is O=C(NCC(=O)N1CC[C@@H](Nc2ncccn2)[C@H](O)C1)c1ccccc1. The van der Waals surface area contributed by atoms with Gasteiger partial charge in [-0.15, -0.1) is 0 Å². The van der Waals surface area contributed by atoms with Crippen LogP contribution >= 0.6 is 0 Å². The molecular formula is C18H21N5O3. The first-order valence-electron chi connectivity index (χ1n) is 8.46. The van der Waals surface area contributed by atoms with Crippen molar-refractivity contribution in [2.75, 3.05) is 25.0 Å². The average molecular weight is 355 g/mol. The molecule has 0 aliphatic carbocycles. The fourth-order valence-corrected chi connectivity index (χ4v) is 2.83. The molecule has 8 nitrogen and oxygen atoms in total. The summed E-state index contributed by atoms with van der Waals surface area (Å²) in [6.45, 7) is 0.590. The fourth-order valence-electron chi connectivity index (χ4n) is 2.83. The molecule has 1 aromatic carbocycles. The highest BCUT2D eigenvalue weighted by Gasteiger charge is 2.30. The number of nitrogens with one attached hydrogen (secondary N) is 2. The van der Waals surface area contributed by atoms with Gasteiger partial charge in [-0.1, -0.05) is 18.2 Å². The van der Waals surface area contributed by atoms with Crippen LogP contribution in [0.3, 0.4) is 0 Å². The summed E-state index contributed by atoms with van der Waals surface area (Å²) in [6.07, 6.45) is 3.07. The molecule has 2 amide bonds. The van der Waals surface area contributed by atoms with Gasteiger partial charge in [-0.05, 0) is 24.6 Å². The van der Waals surface area contributed by atoms with Crippen LogP contribution in [0.4, 0.5) is 5.95 Å². The lowest BCUT2D eigenvalue weighted by Gasteiger charge is -2.36. The summed E-state index contributed by atoms with van der Waals surface area (Å²) < 4.78 is 0. The number of aliphatic hydroxyl groups excluding tert-OH is 1. The van der Waals surface area contributed by atoms with Crippen LogP contribution in [-0.2, 0) is 4.79 Å². The molecule has 26 heavy (non-hydrogen) atoms. The van der Waals surface area contributed by atoms with Gasteiger partial charge in [0.25, 0.3) is 5.91 Å². The molecule has 2 aromatic rings. The zero-order valence-electron chi connectivity index (χ0n) is 14.2. The number of likely N-dealkylation sites (tertiary alicyclic amines) is 1. The number of benzene rings is 1. The number of nitrogens with zero attached hydrogens (tertiary/aromatic N) is 3. The molecule has 8 heteroatoms. The molecule has 1 fully saturated rings. The molecule has 0 bridgehead atoms. The molecule has 3 N–H and O–H groups in total. The molecule has 0 radical (unpaired) electrons. The minimum Gasteiger partial charge on any atom is -0.389 e. The second-order valence-electron chi connectivity index (χ2n) is 6.07. The monoisotopic (exact) mass is 355 g/mol. The van der Waals surface area contributed by atoms with E-state index in [9.17, 15) is 14.7 Å². The zero-order valence-corrected chi connectivity index (χ0v) is 14.2. The highest BCUT2D eigenvalue weighted by molar-refractivity contribution is 5.96. The normalized spacial score (nSPS) is 19.7. The number of carbonyl (C=O) groups excluding carboxylic acids is 2. The second kappa shape index (κ2) is 8.39.